The molecule has 0 fully saturated rings. The number of hydrogen-bond donors (Lipinski definition) is 2. The molecule has 0 unspecified atom stereocenters. The lowest BCUT2D eigenvalue weighted by molar-refractivity contribution is 0.426. The van der Waals surface area contributed by atoms with Crippen LogP contribution in [0.1, 0.15) is 0 Å². The van der Waals surface area contributed by atoms with E-state index in [1.165, 1.54) is 5.56 Å². The number of halogens is 3. The monoisotopic (exact) mass is 766 g/mol. The van der Waals surface area contributed by atoms with Crippen LogP contribution in [0.2, 0.25) is 15.9 Å². The molecular formula is C42H30BCl3N6O2. The third kappa shape index (κ3) is 10.6. The van der Waals surface area contributed by atoms with Crippen molar-refractivity contribution in [3.63, 3.8) is 0 Å². The summed E-state index contributed by atoms with van der Waals surface area (Å²) in [5.41, 5.74) is 7.79. The Morgan fingerprint density at radius 1 is 0.296 bits per heavy atom. The third-order valence-electron chi connectivity index (χ3n) is 7.82. The summed E-state index contributed by atoms with van der Waals surface area (Å²) < 4.78 is 0. The van der Waals surface area contributed by atoms with Gasteiger partial charge in [-0.05, 0) is 62.5 Å². The summed E-state index contributed by atoms with van der Waals surface area (Å²) in [4.78, 5) is 24.9. The van der Waals surface area contributed by atoms with Crippen molar-refractivity contribution >= 4 is 47.4 Å². The van der Waals surface area contributed by atoms with Gasteiger partial charge >= 0.3 is 7.12 Å². The van der Waals surface area contributed by atoms with Gasteiger partial charge in [0.05, 0.1) is 0 Å². The topological polar surface area (TPSA) is 118 Å². The van der Waals surface area contributed by atoms with Gasteiger partial charge in [-0.2, -0.15) is 24.9 Å². The molecule has 54 heavy (non-hydrogen) atoms. The summed E-state index contributed by atoms with van der Waals surface area (Å²) in [7, 11) is -1.34. The predicted molar refractivity (Wildman–Crippen MR) is 218 cm³/mol. The fraction of sp³-hybridized carbons (Fsp3) is 0. The Morgan fingerprint density at radius 2 is 0.556 bits per heavy atom. The molecule has 0 spiro atoms. The molecule has 0 aliphatic heterocycles. The first-order chi connectivity index (χ1) is 26.3. The van der Waals surface area contributed by atoms with Crippen LogP contribution in [-0.4, -0.2) is 47.1 Å². The SMILES string of the molecule is Clc1nc(-c2ccccc2)nc(-c2ccc(-c3ccccc3)cc2)n1.Clc1nc(Cl)nc(-c2ccc(-c3ccccc3)cc2)n1.OB(O)c1ccccc1. The minimum absolute atomic E-state index is 0.0899. The highest BCUT2D eigenvalue weighted by atomic mass is 35.5. The van der Waals surface area contributed by atoms with Crippen molar-refractivity contribution < 1.29 is 10.0 Å². The van der Waals surface area contributed by atoms with Gasteiger partial charge in [0.2, 0.25) is 15.9 Å². The van der Waals surface area contributed by atoms with E-state index >= 15 is 0 Å². The molecule has 0 atom stereocenters. The van der Waals surface area contributed by atoms with Gasteiger partial charge in [0.1, 0.15) is 0 Å². The van der Waals surface area contributed by atoms with Gasteiger partial charge in [-0.15, -0.1) is 0 Å². The molecule has 0 bridgehead atoms. The standard InChI is InChI=1S/C21H14ClN3.C15H9Cl2N3.C6H7BO2/c22-21-24-19(17-9-5-2-6-10-17)23-20(25-21)18-13-11-16(12-14-18)15-7-3-1-4-8-15;16-14-18-13(19-15(17)20-14)12-8-6-11(7-9-12)10-4-2-1-3-5-10;8-7(9)6-4-2-1-3-5-6/h1-14H;1-9H;1-5,8-9H. The average Bonchev–Trinajstić information content (AvgIpc) is 3.22. The fourth-order valence-corrected chi connectivity index (χ4v) is 5.68. The Kier molecular flexibility index (Phi) is 13.2. The van der Waals surface area contributed by atoms with E-state index in [0.717, 1.165) is 33.4 Å². The largest absolute Gasteiger partial charge is 0.488 e. The number of aromatic nitrogens is 6. The average molecular weight is 768 g/mol. The first kappa shape index (κ1) is 37.9. The first-order valence-corrected chi connectivity index (χ1v) is 17.7. The Morgan fingerprint density at radius 3 is 0.907 bits per heavy atom. The summed E-state index contributed by atoms with van der Waals surface area (Å²) in [6, 6.07) is 54.8. The van der Waals surface area contributed by atoms with Gasteiger partial charge in [0.15, 0.2) is 17.5 Å². The van der Waals surface area contributed by atoms with Crippen molar-refractivity contribution in [1.29, 1.82) is 0 Å². The quantitative estimate of drug-likeness (QED) is 0.161. The summed E-state index contributed by atoms with van der Waals surface area (Å²) in [5.74, 6) is 1.61. The highest BCUT2D eigenvalue weighted by Crippen LogP contribution is 2.26. The maximum atomic E-state index is 8.58. The van der Waals surface area contributed by atoms with E-state index in [9.17, 15) is 0 Å². The number of benzene rings is 6. The Balaban J connectivity index is 0.000000153. The van der Waals surface area contributed by atoms with E-state index in [-0.39, 0.29) is 15.9 Å². The lowest BCUT2D eigenvalue weighted by atomic mass is 9.81. The fourth-order valence-electron chi connectivity index (χ4n) is 5.16. The molecule has 0 amide bonds. The maximum absolute atomic E-state index is 8.58. The molecule has 0 saturated carbocycles. The summed E-state index contributed by atoms with van der Waals surface area (Å²) in [5, 5.41) is 17.5. The third-order valence-corrected chi connectivity index (χ3v) is 8.33. The van der Waals surface area contributed by atoms with Gasteiger partial charge in [-0.1, -0.05) is 170 Å². The van der Waals surface area contributed by atoms with Gasteiger partial charge in [-0.3, -0.25) is 0 Å². The van der Waals surface area contributed by atoms with Crippen molar-refractivity contribution in [1.82, 2.24) is 29.9 Å². The van der Waals surface area contributed by atoms with Crippen molar-refractivity contribution in [2.75, 3.05) is 0 Å². The second-order valence-corrected chi connectivity index (χ2v) is 12.5. The van der Waals surface area contributed by atoms with Crippen molar-refractivity contribution in [3.05, 3.63) is 186 Å². The molecule has 2 aromatic heterocycles. The van der Waals surface area contributed by atoms with E-state index in [4.69, 9.17) is 44.9 Å². The van der Waals surface area contributed by atoms with Crippen molar-refractivity contribution in [2.24, 2.45) is 0 Å². The van der Waals surface area contributed by atoms with Crippen LogP contribution in [0, 0.1) is 0 Å². The van der Waals surface area contributed by atoms with Crippen LogP contribution in [0.5, 0.6) is 0 Å². The zero-order valence-electron chi connectivity index (χ0n) is 28.5. The molecule has 6 aromatic carbocycles. The number of rotatable bonds is 6. The maximum Gasteiger partial charge on any atom is 0.488 e. The smallest absolute Gasteiger partial charge is 0.423 e. The Hall–Kier alpha value is -5.81. The van der Waals surface area contributed by atoms with E-state index in [1.54, 1.807) is 24.3 Å². The molecule has 8 nitrogen and oxygen atoms in total. The highest BCUT2D eigenvalue weighted by molar-refractivity contribution is 6.58. The summed E-state index contributed by atoms with van der Waals surface area (Å²) >= 11 is 17.7. The molecule has 8 rings (SSSR count). The van der Waals surface area contributed by atoms with Gasteiger partial charge in [-0.25, -0.2) is 4.98 Å². The predicted octanol–water partition coefficient (Wildman–Crippen LogP) is 9.40. The second kappa shape index (κ2) is 18.8. The summed E-state index contributed by atoms with van der Waals surface area (Å²) in [6.07, 6.45) is 0. The molecular weight excluding hydrogens is 738 g/mol. The van der Waals surface area contributed by atoms with Crippen LogP contribution < -0.4 is 5.46 Å². The van der Waals surface area contributed by atoms with Crippen molar-refractivity contribution in [2.45, 2.75) is 0 Å². The minimum Gasteiger partial charge on any atom is -0.423 e. The van der Waals surface area contributed by atoms with Crippen LogP contribution in [0.3, 0.4) is 0 Å². The molecule has 0 saturated heterocycles. The van der Waals surface area contributed by atoms with Crippen LogP contribution >= 0.6 is 34.8 Å². The van der Waals surface area contributed by atoms with Crippen molar-refractivity contribution in [3.8, 4) is 56.4 Å². The Labute approximate surface area is 328 Å². The van der Waals surface area contributed by atoms with Gasteiger partial charge < -0.3 is 10.0 Å². The number of nitrogens with zero attached hydrogens (tertiary/aromatic N) is 6. The van der Waals surface area contributed by atoms with E-state index in [0.29, 0.717) is 22.9 Å². The molecule has 12 heteroatoms. The molecule has 0 aliphatic carbocycles. The van der Waals surface area contributed by atoms with Crippen LogP contribution in [0.25, 0.3) is 56.4 Å². The molecule has 8 aromatic rings. The Bertz CT molecular complexity index is 2360. The van der Waals surface area contributed by atoms with E-state index < -0.39 is 7.12 Å². The van der Waals surface area contributed by atoms with E-state index in [2.05, 4.69) is 66.3 Å². The molecule has 2 heterocycles. The van der Waals surface area contributed by atoms with Gasteiger partial charge in [0.25, 0.3) is 0 Å². The molecule has 0 radical (unpaired) electrons. The normalized spacial score (nSPS) is 10.3. The van der Waals surface area contributed by atoms with Crippen LogP contribution in [-0.2, 0) is 0 Å². The lowest BCUT2D eigenvalue weighted by Gasteiger charge is -2.06. The zero-order valence-corrected chi connectivity index (χ0v) is 30.7. The number of hydrogen-bond acceptors (Lipinski definition) is 8. The molecule has 264 valence electrons. The summed E-state index contributed by atoms with van der Waals surface area (Å²) in [6.45, 7) is 0. The van der Waals surface area contributed by atoms with Gasteiger partial charge in [0, 0.05) is 16.7 Å². The lowest BCUT2D eigenvalue weighted by Crippen LogP contribution is -2.29. The first-order valence-electron chi connectivity index (χ1n) is 16.6. The van der Waals surface area contributed by atoms with Crippen LogP contribution in [0.15, 0.2) is 170 Å². The highest BCUT2D eigenvalue weighted by Gasteiger charge is 2.10. The molecule has 2 N–H and O–H groups in total. The van der Waals surface area contributed by atoms with Crippen LogP contribution in [0.4, 0.5) is 0 Å². The van der Waals surface area contributed by atoms with E-state index in [1.807, 2.05) is 109 Å². The zero-order chi connectivity index (χ0) is 37.7. The minimum atomic E-state index is -1.34. The molecule has 0 aliphatic rings. The second-order valence-electron chi connectivity index (χ2n) is 11.5.